The number of anilines is 2. The molecule has 4 aliphatic rings. The highest BCUT2D eigenvalue weighted by Crippen LogP contribution is 2.27. The van der Waals surface area contributed by atoms with Gasteiger partial charge >= 0.3 is 0 Å². The number of benzene rings is 4. The van der Waals surface area contributed by atoms with Crippen molar-refractivity contribution >= 4 is 23.2 Å². The van der Waals surface area contributed by atoms with Crippen LogP contribution in [0.1, 0.15) is 102 Å². The van der Waals surface area contributed by atoms with Crippen LogP contribution in [0.4, 0.5) is 11.4 Å². The lowest BCUT2D eigenvalue weighted by molar-refractivity contribution is 0.0723. The molecule has 4 aromatic rings. The Kier molecular flexibility index (Phi) is 12.1. The molecule has 4 fully saturated rings. The Labute approximate surface area is 310 Å². The summed E-state index contributed by atoms with van der Waals surface area (Å²) in [6, 6.07) is 33.3. The number of carbonyl (C=O) groups excluding carboxylic acids is 2. The van der Waals surface area contributed by atoms with Gasteiger partial charge < -0.3 is 24.8 Å². The lowest BCUT2D eigenvalue weighted by Gasteiger charge is -2.26. The summed E-state index contributed by atoms with van der Waals surface area (Å²) in [7, 11) is 0. The van der Waals surface area contributed by atoms with Gasteiger partial charge in [-0.1, -0.05) is 43.2 Å². The molecule has 1 saturated carbocycles. The summed E-state index contributed by atoms with van der Waals surface area (Å²) in [5.74, 6) is 1.78. The molecule has 0 radical (unpaired) electrons. The monoisotopic (exact) mass is 698 g/mol. The predicted molar refractivity (Wildman–Crippen MR) is 211 cm³/mol. The Hall–Kier alpha value is -4.78. The number of rotatable bonds is 9. The van der Waals surface area contributed by atoms with Gasteiger partial charge in [-0.2, -0.15) is 0 Å². The van der Waals surface area contributed by atoms with Crippen molar-refractivity contribution in [3.63, 3.8) is 0 Å². The third kappa shape index (κ3) is 9.55. The largest absolute Gasteiger partial charge is 0.457 e. The molecule has 1 aliphatic carbocycles. The topological polar surface area (TPSA) is 65.1 Å². The Morgan fingerprint density at radius 3 is 1.79 bits per heavy atom. The second-order valence-electron chi connectivity index (χ2n) is 14.9. The fourth-order valence-corrected chi connectivity index (χ4v) is 7.99. The van der Waals surface area contributed by atoms with E-state index in [-0.39, 0.29) is 11.8 Å². The molecule has 7 nitrogen and oxygen atoms in total. The van der Waals surface area contributed by atoms with E-state index in [2.05, 4.69) is 58.7 Å². The number of ether oxygens (including phenoxy) is 1. The van der Waals surface area contributed by atoms with Crippen LogP contribution >= 0.6 is 0 Å². The highest BCUT2D eigenvalue weighted by Gasteiger charge is 2.21. The molecule has 0 bridgehead atoms. The van der Waals surface area contributed by atoms with Crippen molar-refractivity contribution in [2.45, 2.75) is 83.1 Å². The smallest absolute Gasteiger partial charge is 0.253 e. The van der Waals surface area contributed by atoms with Crippen LogP contribution in [0, 0.1) is 0 Å². The molecule has 3 heterocycles. The first-order chi connectivity index (χ1) is 25.6. The van der Waals surface area contributed by atoms with Crippen molar-refractivity contribution in [3.05, 3.63) is 119 Å². The summed E-state index contributed by atoms with van der Waals surface area (Å²) in [5.41, 5.74) is 6.52. The summed E-state index contributed by atoms with van der Waals surface area (Å²) < 4.78 is 5.96. The van der Waals surface area contributed by atoms with E-state index < -0.39 is 0 Å². The number of amides is 2. The number of likely N-dealkylation sites (tertiary alicyclic amines) is 2. The number of nitrogens with one attached hydrogen (secondary N) is 1. The SMILES string of the molecule is O=C(c1cccc(Cc2ccc(N3CCCC3)cc2)c1)N1CCCCC1.O=C(c1cccc(Oc2ccc(NC3CCCC3)cc2)c1)N1CCCC1. The van der Waals surface area contributed by atoms with Gasteiger partial charge in [-0.3, -0.25) is 9.59 Å². The van der Waals surface area contributed by atoms with E-state index in [1.165, 1.54) is 74.8 Å². The summed E-state index contributed by atoms with van der Waals surface area (Å²) in [6.07, 6.45) is 14.4. The second kappa shape index (κ2) is 17.6. The molecule has 0 aromatic heterocycles. The minimum absolute atomic E-state index is 0.101. The van der Waals surface area contributed by atoms with E-state index >= 15 is 0 Å². The first-order valence-corrected chi connectivity index (χ1v) is 19.7. The van der Waals surface area contributed by atoms with Crippen LogP contribution in [0.3, 0.4) is 0 Å². The fourth-order valence-electron chi connectivity index (χ4n) is 7.99. The zero-order valence-electron chi connectivity index (χ0n) is 30.6. The molecule has 7 heteroatoms. The summed E-state index contributed by atoms with van der Waals surface area (Å²) in [5, 5.41) is 3.58. The van der Waals surface area contributed by atoms with Crippen LogP contribution in [-0.4, -0.2) is 66.9 Å². The minimum Gasteiger partial charge on any atom is -0.457 e. The van der Waals surface area contributed by atoms with Gasteiger partial charge in [0.2, 0.25) is 0 Å². The predicted octanol–water partition coefficient (Wildman–Crippen LogP) is 9.57. The summed E-state index contributed by atoms with van der Waals surface area (Å²) >= 11 is 0. The van der Waals surface area contributed by atoms with Crippen molar-refractivity contribution < 1.29 is 14.3 Å². The Morgan fingerprint density at radius 2 is 1.13 bits per heavy atom. The summed E-state index contributed by atoms with van der Waals surface area (Å²) in [6.45, 7) is 5.89. The number of hydrogen-bond acceptors (Lipinski definition) is 5. The van der Waals surface area contributed by atoms with Crippen molar-refractivity contribution in [1.82, 2.24) is 9.80 Å². The van der Waals surface area contributed by atoms with E-state index in [1.54, 1.807) is 0 Å². The maximum absolute atomic E-state index is 12.7. The average molecular weight is 699 g/mol. The van der Waals surface area contributed by atoms with Gasteiger partial charge in [0.1, 0.15) is 11.5 Å². The number of hydrogen-bond donors (Lipinski definition) is 1. The normalized spacial score (nSPS) is 17.5. The van der Waals surface area contributed by atoms with Crippen molar-refractivity contribution in [1.29, 1.82) is 0 Å². The van der Waals surface area contributed by atoms with Crippen molar-refractivity contribution in [2.75, 3.05) is 49.5 Å². The molecule has 1 N–H and O–H groups in total. The van der Waals surface area contributed by atoms with Gasteiger partial charge in [-0.15, -0.1) is 0 Å². The lowest BCUT2D eigenvalue weighted by atomic mass is 10.0. The molecular weight excluding hydrogens is 645 g/mol. The summed E-state index contributed by atoms with van der Waals surface area (Å²) in [4.78, 5) is 31.6. The van der Waals surface area contributed by atoms with Crippen LogP contribution in [-0.2, 0) is 6.42 Å². The molecule has 52 heavy (non-hydrogen) atoms. The third-order valence-electron chi connectivity index (χ3n) is 10.9. The lowest BCUT2D eigenvalue weighted by Crippen LogP contribution is -2.35. The molecule has 3 aliphatic heterocycles. The van der Waals surface area contributed by atoms with Crippen molar-refractivity contribution in [2.24, 2.45) is 0 Å². The van der Waals surface area contributed by atoms with Gasteiger partial charge in [0, 0.05) is 67.8 Å². The van der Waals surface area contributed by atoms with E-state index in [9.17, 15) is 9.59 Å². The molecule has 8 rings (SSSR count). The number of nitrogens with zero attached hydrogens (tertiary/aromatic N) is 3. The highest BCUT2D eigenvalue weighted by molar-refractivity contribution is 5.95. The van der Waals surface area contributed by atoms with Crippen LogP contribution < -0.4 is 15.0 Å². The third-order valence-corrected chi connectivity index (χ3v) is 10.9. The maximum atomic E-state index is 12.7. The molecule has 4 aromatic carbocycles. The van der Waals surface area contributed by atoms with Gasteiger partial charge in [-0.25, -0.2) is 0 Å². The molecule has 0 unspecified atom stereocenters. The number of piperidine rings is 1. The first kappa shape index (κ1) is 35.6. The van der Waals surface area contributed by atoms with Gasteiger partial charge in [0.05, 0.1) is 0 Å². The van der Waals surface area contributed by atoms with Gasteiger partial charge in [0.25, 0.3) is 11.8 Å². The van der Waals surface area contributed by atoms with Crippen LogP contribution in [0.15, 0.2) is 97.1 Å². The average Bonchev–Trinajstić information content (AvgIpc) is 4.02. The first-order valence-electron chi connectivity index (χ1n) is 19.7. The van der Waals surface area contributed by atoms with Gasteiger partial charge in [0.15, 0.2) is 0 Å². The standard InChI is InChI=1S/C23H28N2O.C22H26N2O2/c26-23(25-15-2-1-3-16-25)21-8-6-7-20(18-21)17-19-9-11-22(12-10-19)24-13-4-5-14-24;25-22(24-14-3-4-15-24)17-6-5-9-21(16-17)26-20-12-10-19(11-13-20)23-18-7-1-2-8-18/h6-12,18H,1-5,13-17H2;5-6,9-13,16,18,23H,1-4,7-8,14-15H2. The van der Waals surface area contributed by atoms with Crippen LogP contribution in [0.2, 0.25) is 0 Å². The number of carbonyl (C=O) groups is 2. The zero-order valence-corrected chi connectivity index (χ0v) is 30.6. The van der Waals surface area contributed by atoms with Gasteiger partial charge in [-0.05, 0) is 142 Å². The Bertz CT molecular complexity index is 1750. The zero-order chi connectivity index (χ0) is 35.5. The minimum atomic E-state index is 0.101. The molecular formula is C45H54N4O3. The Morgan fingerprint density at radius 1 is 0.558 bits per heavy atom. The van der Waals surface area contributed by atoms with E-state index in [1.807, 2.05) is 58.3 Å². The fraction of sp³-hybridized carbons (Fsp3) is 0.422. The molecule has 272 valence electrons. The second-order valence-corrected chi connectivity index (χ2v) is 14.9. The molecule has 0 spiro atoms. The van der Waals surface area contributed by atoms with E-state index in [0.29, 0.717) is 17.4 Å². The molecule has 0 atom stereocenters. The van der Waals surface area contributed by atoms with Crippen molar-refractivity contribution in [3.8, 4) is 11.5 Å². The quantitative estimate of drug-likeness (QED) is 0.189. The Balaban J connectivity index is 0.000000162. The van der Waals surface area contributed by atoms with E-state index in [0.717, 1.165) is 75.3 Å². The van der Waals surface area contributed by atoms with Crippen LogP contribution in [0.25, 0.3) is 0 Å². The highest BCUT2D eigenvalue weighted by atomic mass is 16.5. The molecule has 3 saturated heterocycles. The van der Waals surface area contributed by atoms with Crippen LogP contribution in [0.5, 0.6) is 11.5 Å². The maximum Gasteiger partial charge on any atom is 0.253 e. The van der Waals surface area contributed by atoms with E-state index in [4.69, 9.17) is 4.74 Å². The molecule has 2 amide bonds.